The Balaban J connectivity index is 1.28. The standard InChI is InChI=1S/C37H38ClN5O12/c1-9-37(16-49-28(46)13-36(7,8)29-19(3)10-18(2)11-23(29)52-22(6)44)26(45)12-27(55-37)43-17-40-30-31(39-14-24-20(4)50-34(47)53-24)42(33(38)41-32(30)43)15-25-21(5)51-35(48)54-25/h1,10-11,17,26-27,45H,12-16H2,2-8H3/b39-31-/t26-,27+,37+/m0/s1. The summed E-state index contributed by atoms with van der Waals surface area (Å²) in [5, 5.41) is 11.2. The number of fused-ring (bicyclic) bond motifs is 1. The number of aliphatic hydroxyl groups excluding tert-OH is 1. The maximum atomic E-state index is 13.3. The van der Waals surface area contributed by atoms with Crippen LogP contribution >= 0.6 is 11.6 Å². The number of halogens is 1. The minimum Gasteiger partial charge on any atom is -0.461 e. The summed E-state index contributed by atoms with van der Waals surface area (Å²) >= 11 is 6.72. The van der Waals surface area contributed by atoms with Gasteiger partial charge in [0.1, 0.15) is 42.8 Å². The predicted molar refractivity (Wildman–Crippen MR) is 191 cm³/mol. The van der Waals surface area contributed by atoms with E-state index in [0.29, 0.717) is 11.3 Å². The topological polar surface area (TPSA) is 217 Å². The molecule has 0 amide bonds. The Kier molecular flexibility index (Phi) is 10.5. The van der Waals surface area contributed by atoms with Gasteiger partial charge in [-0.25, -0.2) is 14.6 Å². The number of aliphatic hydroxyl groups is 1. The highest BCUT2D eigenvalue weighted by Crippen LogP contribution is 2.40. The minimum atomic E-state index is -1.75. The van der Waals surface area contributed by atoms with Gasteiger partial charge >= 0.3 is 23.6 Å². The van der Waals surface area contributed by atoms with E-state index < -0.39 is 53.5 Å². The summed E-state index contributed by atoms with van der Waals surface area (Å²) in [6, 6.07) is 3.67. The quantitative estimate of drug-likeness (QED) is 0.0872. The van der Waals surface area contributed by atoms with Crippen molar-refractivity contribution in [3.8, 4) is 18.1 Å². The van der Waals surface area contributed by atoms with Gasteiger partial charge in [0, 0.05) is 24.3 Å². The molecule has 1 aromatic carbocycles. The lowest BCUT2D eigenvalue weighted by Gasteiger charge is -2.30. The summed E-state index contributed by atoms with van der Waals surface area (Å²) in [7, 11) is 0. The van der Waals surface area contributed by atoms with Crippen molar-refractivity contribution in [3.05, 3.63) is 90.2 Å². The van der Waals surface area contributed by atoms with Crippen LogP contribution in [0.4, 0.5) is 0 Å². The van der Waals surface area contributed by atoms with Crippen molar-refractivity contribution >= 4 is 34.7 Å². The Morgan fingerprint density at radius 1 is 1.11 bits per heavy atom. The second kappa shape index (κ2) is 14.9. The molecule has 4 aromatic heterocycles. The van der Waals surface area contributed by atoms with Gasteiger partial charge < -0.3 is 37.0 Å². The molecule has 55 heavy (non-hydrogen) atoms. The zero-order valence-electron chi connectivity index (χ0n) is 31.1. The number of terminal acetylenes is 1. The summed E-state index contributed by atoms with van der Waals surface area (Å²) in [5.74, 6) is 0.645. The third-order valence-corrected chi connectivity index (χ3v) is 9.56. The van der Waals surface area contributed by atoms with Gasteiger partial charge in [0.15, 0.2) is 33.8 Å². The minimum absolute atomic E-state index is 0.0492. The first-order valence-electron chi connectivity index (χ1n) is 17.0. The molecule has 0 unspecified atom stereocenters. The molecule has 1 aliphatic heterocycles. The van der Waals surface area contributed by atoms with Gasteiger partial charge in [-0.1, -0.05) is 25.8 Å². The summed E-state index contributed by atoms with van der Waals surface area (Å²) in [6.07, 6.45) is 4.91. The second-order valence-corrected chi connectivity index (χ2v) is 14.3. The van der Waals surface area contributed by atoms with Crippen LogP contribution in [0.15, 0.2) is 50.7 Å². The number of esters is 2. The highest BCUT2D eigenvalue weighted by atomic mass is 35.5. The molecule has 0 aliphatic carbocycles. The van der Waals surface area contributed by atoms with E-state index in [1.807, 2.05) is 33.8 Å². The van der Waals surface area contributed by atoms with Gasteiger partial charge in [0.2, 0.25) is 5.28 Å². The summed E-state index contributed by atoms with van der Waals surface area (Å²) < 4.78 is 40.6. The molecule has 17 nitrogen and oxygen atoms in total. The SMILES string of the molecule is C#C[C@]1(COC(=O)CC(C)(C)c2c(C)cc(C)cc2OC(C)=O)O[C@@H](n2cnc3/c(=N/Cc4oc(=O)oc4C)n(Cc4oc(=O)oc4C)c(Cl)nc32)C[C@@H]1O. The van der Waals surface area contributed by atoms with Crippen molar-refractivity contribution in [2.45, 2.75) is 97.7 Å². The molecule has 6 rings (SSSR count). The highest BCUT2D eigenvalue weighted by molar-refractivity contribution is 6.28. The first-order chi connectivity index (χ1) is 25.9. The molecule has 1 fully saturated rings. The number of benzene rings is 1. The van der Waals surface area contributed by atoms with E-state index in [9.17, 15) is 24.3 Å². The van der Waals surface area contributed by atoms with Crippen molar-refractivity contribution in [2.75, 3.05) is 6.61 Å². The lowest BCUT2D eigenvalue weighted by Crippen LogP contribution is -2.43. The molecule has 0 spiro atoms. The van der Waals surface area contributed by atoms with E-state index in [0.717, 1.165) is 11.1 Å². The van der Waals surface area contributed by atoms with Crippen LogP contribution in [0.1, 0.15) is 79.6 Å². The van der Waals surface area contributed by atoms with Crippen LogP contribution in [-0.4, -0.2) is 54.5 Å². The molecule has 290 valence electrons. The number of hydrogen-bond donors (Lipinski definition) is 1. The average Bonchev–Trinajstić information content (AvgIpc) is 3.82. The fraction of sp³-hybridized carbons (Fsp3) is 0.432. The zero-order chi connectivity index (χ0) is 40.0. The van der Waals surface area contributed by atoms with Gasteiger partial charge in [0.25, 0.3) is 0 Å². The molecule has 0 saturated carbocycles. The Morgan fingerprint density at radius 3 is 2.40 bits per heavy atom. The molecule has 3 atom stereocenters. The predicted octanol–water partition coefficient (Wildman–Crippen LogP) is 3.85. The largest absolute Gasteiger partial charge is 0.519 e. The lowest BCUT2D eigenvalue weighted by atomic mass is 9.78. The van der Waals surface area contributed by atoms with Crippen LogP contribution in [0.5, 0.6) is 5.75 Å². The Morgan fingerprint density at radius 2 is 1.78 bits per heavy atom. The van der Waals surface area contributed by atoms with Crippen molar-refractivity contribution in [1.29, 1.82) is 0 Å². The monoisotopic (exact) mass is 779 g/mol. The van der Waals surface area contributed by atoms with Gasteiger partial charge in [-0.3, -0.25) is 23.7 Å². The number of ether oxygens (including phenoxy) is 3. The van der Waals surface area contributed by atoms with E-state index in [1.54, 1.807) is 19.9 Å². The third-order valence-electron chi connectivity index (χ3n) is 9.27. The molecule has 18 heteroatoms. The molecular weight excluding hydrogens is 742 g/mol. The van der Waals surface area contributed by atoms with E-state index in [4.69, 9.17) is 49.9 Å². The van der Waals surface area contributed by atoms with Crippen LogP contribution in [0.2, 0.25) is 5.28 Å². The first kappa shape index (κ1) is 39.0. The average molecular weight is 780 g/mol. The fourth-order valence-corrected chi connectivity index (χ4v) is 6.99. The summed E-state index contributed by atoms with van der Waals surface area (Å²) in [6.45, 7) is 11.0. The molecule has 1 saturated heterocycles. The van der Waals surface area contributed by atoms with Gasteiger partial charge in [-0.15, -0.1) is 6.42 Å². The number of hydrogen-bond acceptors (Lipinski definition) is 15. The summed E-state index contributed by atoms with van der Waals surface area (Å²) in [4.78, 5) is 62.4. The Labute approximate surface area is 317 Å². The Hall–Kier alpha value is -5.70. The van der Waals surface area contributed by atoms with E-state index in [-0.39, 0.29) is 70.9 Å². The van der Waals surface area contributed by atoms with Gasteiger partial charge in [0.05, 0.1) is 19.3 Å². The number of aryl methyl sites for hydroxylation is 4. The van der Waals surface area contributed by atoms with E-state index in [2.05, 4.69) is 20.9 Å². The van der Waals surface area contributed by atoms with E-state index >= 15 is 0 Å². The molecule has 5 heterocycles. The van der Waals surface area contributed by atoms with Crippen LogP contribution in [0, 0.1) is 40.0 Å². The number of rotatable bonds is 11. The maximum Gasteiger partial charge on any atom is 0.519 e. The smallest absolute Gasteiger partial charge is 0.461 e. The normalized spacial score (nSPS) is 18.9. The molecule has 0 radical (unpaired) electrons. The van der Waals surface area contributed by atoms with Crippen molar-refractivity contribution in [3.63, 3.8) is 0 Å². The van der Waals surface area contributed by atoms with E-state index in [1.165, 1.54) is 22.4 Å². The van der Waals surface area contributed by atoms with Crippen LogP contribution in [0.3, 0.4) is 0 Å². The van der Waals surface area contributed by atoms with Crippen molar-refractivity contribution in [2.24, 2.45) is 4.99 Å². The highest BCUT2D eigenvalue weighted by Gasteiger charge is 2.49. The fourth-order valence-electron chi connectivity index (χ4n) is 6.77. The zero-order valence-corrected chi connectivity index (χ0v) is 31.8. The van der Waals surface area contributed by atoms with Crippen LogP contribution in [-0.2, 0) is 37.6 Å². The lowest BCUT2D eigenvalue weighted by molar-refractivity contribution is -0.157. The number of nitrogens with zero attached hydrogens (tertiary/aromatic N) is 5. The summed E-state index contributed by atoms with van der Waals surface area (Å²) in [5.41, 5.74) is 0.359. The molecule has 1 N–H and O–H groups in total. The van der Waals surface area contributed by atoms with Gasteiger partial charge in [-0.05, 0) is 56.5 Å². The van der Waals surface area contributed by atoms with Crippen molar-refractivity contribution in [1.82, 2.24) is 19.1 Å². The van der Waals surface area contributed by atoms with Crippen molar-refractivity contribution < 1.29 is 46.6 Å². The first-order valence-corrected chi connectivity index (χ1v) is 17.4. The number of carbonyl (C=O) groups excluding carboxylic acids is 2. The number of carbonyl (C=O) groups is 2. The molecule has 0 bridgehead atoms. The Bertz CT molecular complexity index is 2540. The number of imidazole rings is 1. The molecule has 1 aliphatic rings. The maximum absolute atomic E-state index is 13.3. The second-order valence-electron chi connectivity index (χ2n) is 13.9. The van der Waals surface area contributed by atoms with Crippen LogP contribution < -0.4 is 21.9 Å². The van der Waals surface area contributed by atoms with Crippen LogP contribution in [0.25, 0.3) is 11.2 Å². The molecule has 5 aromatic rings. The molecular formula is C37H38ClN5O12. The van der Waals surface area contributed by atoms with Gasteiger partial charge in [-0.2, -0.15) is 4.98 Å². The number of aromatic nitrogens is 4. The third kappa shape index (κ3) is 7.79.